The molecule has 2 rings (SSSR count). The van der Waals surface area contributed by atoms with Crippen molar-refractivity contribution in [2.24, 2.45) is 0 Å². The lowest BCUT2D eigenvalue weighted by molar-refractivity contribution is 1.14. The van der Waals surface area contributed by atoms with E-state index in [1.165, 1.54) is 27.1 Å². The van der Waals surface area contributed by atoms with Gasteiger partial charge in [0.2, 0.25) is 0 Å². The van der Waals surface area contributed by atoms with E-state index in [0.29, 0.717) is 0 Å². The Labute approximate surface area is 95.6 Å². The van der Waals surface area contributed by atoms with Crippen LogP contribution >= 0.6 is 11.3 Å². The van der Waals surface area contributed by atoms with Crippen LogP contribution in [0.15, 0.2) is 29.6 Å². The molecule has 1 heteroatoms. The molecule has 0 spiro atoms. The molecule has 0 amide bonds. The summed E-state index contributed by atoms with van der Waals surface area (Å²) in [6.45, 7) is 6.57. The van der Waals surface area contributed by atoms with Crippen molar-refractivity contribution in [3.05, 3.63) is 46.3 Å². The molecule has 2 aromatic rings. The Bertz CT molecular complexity index is 449. The van der Waals surface area contributed by atoms with Crippen molar-refractivity contribution >= 4 is 11.3 Å². The maximum atomic E-state index is 2.23. The van der Waals surface area contributed by atoms with Crippen LogP contribution in [-0.2, 0) is 6.42 Å². The number of rotatable bonds is 2. The first-order valence-corrected chi connectivity index (χ1v) is 6.24. The van der Waals surface area contributed by atoms with Crippen molar-refractivity contribution in [3.63, 3.8) is 0 Å². The molecule has 0 radical (unpaired) electrons. The maximum Gasteiger partial charge on any atom is 0.0374 e. The minimum absolute atomic E-state index is 1.11. The molecular weight excluding hydrogens is 200 g/mol. The lowest BCUT2D eigenvalue weighted by Crippen LogP contribution is -1.81. The topological polar surface area (TPSA) is 0 Å². The average Bonchev–Trinajstić information content (AvgIpc) is 2.60. The largest absolute Gasteiger partial charge is 0.143 e. The summed E-state index contributed by atoms with van der Waals surface area (Å²) in [5, 5.41) is 2.23. The first kappa shape index (κ1) is 10.4. The van der Waals surface area contributed by atoms with Gasteiger partial charge in [-0.25, -0.2) is 0 Å². The molecular formula is C14H16S. The standard InChI is InChI=1S/C14H16S/c1-4-12-5-7-13(8-6-12)14-11(3)10(2)9-15-14/h5-9H,4H2,1-3H3. The third-order valence-corrected chi connectivity index (χ3v) is 4.16. The molecule has 0 fully saturated rings. The Morgan fingerprint density at radius 3 is 2.20 bits per heavy atom. The van der Waals surface area contributed by atoms with Crippen molar-refractivity contribution in [1.82, 2.24) is 0 Å². The van der Waals surface area contributed by atoms with Gasteiger partial charge in [-0.2, -0.15) is 0 Å². The van der Waals surface area contributed by atoms with E-state index in [1.807, 2.05) is 11.3 Å². The minimum Gasteiger partial charge on any atom is -0.143 e. The second kappa shape index (κ2) is 4.19. The first-order valence-electron chi connectivity index (χ1n) is 5.36. The van der Waals surface area contributed by atoms with Crippen molar-refractivity contribution in [2.75, 3.05) is 0 Å². The molecule has 1 heterocycles. The average molecular weight is 216 g/mol. The number of hydrogen-bond donors (Lipinski definition) is 0. The van der Waals surface area contributed by atoms with Crippen LogP contribution < -0.4 is 0 Å². The Hall–Kier alpha value is -1.08. The molecule has 15 heavy (non-hydrogen) atoms. The van der Waals surface area contributed by atoms with E-state index in [4.69, 9.17) is 0 Å². The summed E-state index contributed by atoms with van der Waals surface area (Å²) in [5.41, 5.74) is 5.58. The van der Waals surface area contributed by atoms with E-state index in [9.17, 15) is 0 Å². The quantitative estimate of drug-likeness (QED) is 0.688. The molecule has 0 atom stereocenters. The molecule has 0 N–H and O–H groups in total. The predicted octanol–water partition coefficient (Wildman–Crippen LogP) is 4.59. The van der Waals surface area contributed by atoms with Crippen LogP contribution in [-0.4, -0.2) is 0 Å². The molecule has 78 valence electrons. The van der Waals surface area contributed by atoms with Gasteiger partial charge in [0.05, 0.1) is 0 Å². The van der Waals surface area contributed by atoms with E-state index >= 15 is 0 Å². The fraction of sp³-hybridized carbons (Fsp3) is 0.286. The van der Waals surface area contributed by atoms with Crippen molar-refractivity contribution < 1.29 is 0 Å². The van der Waals surface area contributed by atoms with Crippen LogP contribution in [0.25, 0.3) is 10.4 Å². The highest BCUT2D eigenvalue weighted by atomic mass is 32.1. The van der Waals surface area contributed by atoms with Crippen LogP contribution in [0.2, 0.25) is 0 Å². The summed E-state index contributed by atoms with van der Waals surface area (Å²) in [6.07, 6.45) is 1.11. The second-order valence-corrected chi connectivity index (χ2v) is 4.80. The number of aryl methyl sites for hydroxylation is 2. The maximum absolute atomic E-state index is 2.23. The van der Waals surface area contributed by atoms with Gasteiger partial charge in [-0.05, 0) is 47.9 Å². The minimum atomic E-state index is 1.11. The van der Waals surface area contributed by atoms with Gasteiger partial charge in [0.1, 0.15) is 0 Å². The Morgan fingerprint density at radius 1 is 1.07 bits per heavy atom. The Kier molecular flexibility index (Phi) is 2.92. The fourth-order valence-corrected chi connectivity index (χ4v) is 2.76. The SMILES string of the molecule is CCc1ccc(-c2scc(C)c2C)cc1. The molecule has 0 aliphatic rings. The van der Waals surface area contributed by atoms with Gasteiger partial charge in [-0.3, -0.25) is 0 Å². The van der Waals surface area contributed by atoms with Gasteiger partial charge < -0.3 is 0 Å². The summed E-state index contributed by atoms with van der Waals surface area (Å²) in [6, 6.07) is 8.92. The third-order valence-electron chi connectivity index (χ3n) is 2.91. The highest BCUT2D eigenvalue weighted by Crippen LogP contribution is 2.31. The molecule has 1 aromatic heterocycles. The smallest absolute Gasteiger partial charge is 0.0374 e. The molecule has 0 saturated carbocycles. The predicted molar refractivity (Wildman–Crippen MR) is 68.6 cm³/mol. The van der Waals surface area contributed by atoms with Crippen LogP contribution in [0.4, 0.5) is 0 Å². The number of benzene rings is 1. The number of hydrogen-bond acceptors (Lipinski definition) is 1. The summed E-state index contributed by atoms with van der Waals surface area (Å²) >= 11 is 1.84. The van der Waals surface area contributed by atoms with Crippen molar-refractivity contribution in [1.29, 1.82) is 0 Å². The van der Waals surface area contributed by atoms with E-state index in [0.717, 1.165) is 6.42 Å². The van der Waals surface area contributed by atoms with E-state index in [-0.39, 0.29) is 0 Å². The Morgan fingerprint density at radius 2 is 1.73 bits per heavy atom. The summed E-state index contributed by atoms with van der Waals surface area (Å²) in [5.74, 6) is 0. The first-order chi connectivity index (χ1) is 7.22. The van der Waals surface area contributed by atoms with Crippen molar-refractivity contribution in [3.8, 4) is 10.4 Å². The zero-order valence-corrected chi connectivity index (χ0v) is 10.3. The van der Waals surface area contributed by atoms with Gasteiger partial charge >= 0.3 is 0 Å². The summed E-state index contributed by atoms with van der Waals surface area (Å²) in [4.78, 5) is 1.41. The molecule has 0 aliphatic heterocycles. The van der Waals surface area contributed by atoms with Gasteiger partial charge in [0.15, 0.2) is 0 Å². The van der Waals surface area contributed by atoms with E-state index < -0.39 is 0 Å². The zero-order valence-electron chi connectivity index (χ0n) is 9.50. The third kappa shape index (κ3) is 1.98. The lowest BCUT2D eigenvalue weighted by Gasteiger charge is -2.02. The van der Waals surface area contributed by atoms with Gasteiger partial charge in [0, 0.05) is 4.88 Å². The second-order valence-electron chi connectivity index (χ2n) is 3.92. The van der Waals surface area contributed by atoms with Crippen LogP contribution in [0.1, 0.15) is 23.6 Å². The fourth-order valence-electron chi connectivity index (χ4n) is 1.68. The molecule has 1 aromatic carbocycles. The monoisotopic (exact) mass is 216 g/mol. The Balaban J connectivity index is 2.41. The van der Waals surface area contributed by atoms with Crippen LogP contribution in [0.3, 0.4) is 0 Å². The zero-order chi connectivity index (χ0) is 10.8. The molecule has 0 nitrogen and oxygen atoms in total. The van der Waals surface area contributed by atoms with Crippen LogP contribution in [0, 0.1) is 13.8 Å². The molecule has 0 saturated heterocycles. The summed E-state index contributed by atoms with van der Waals surface area (Å²) < 4.78 is 0. The van der Waals surface area contributed by atoms with Gasteiger partial charge in [-0.15, -0.1) is 11.3 Å². The van der Waals surface area contributed by atoms with Crippen molar-refractivity contribution in [2.45, 2.75) is 27.2 Å². The summed E-state index contributed by atoms with van der Waals surface area (Å²) in [7, 11) is 0. The van der Waals surface area contributed by atoms with Crippen LogP contribution in [0.5, 0.6) is 0 Å². The highest BCUT2D eigenvalue weighted by molar-refractivity contribution is 7.13. The molecule has 0 unspecified atom stereocenters. The normalized spacial score (nSPS) is 10.6. The van der Waals surface area contributed by atoms with Gasteiger partial charge in [0.25, 0.3) is 0 Å². The molecule has 0 aliphatic carbocycles. The lowest BCUT2D eigenvalue weighted by atomic mass is 10.1. The van der Waals surface area contributed by atoms with Gasteiger partial charge in [-0.1, -0.05) is 31.2 Å². The van der Waals surface area contributed by atoms with E-state index in [2.05, 4.69) is 50.4 Å². The van der Waals surface area contributed by atoms with E-state index in [1.54, 1.807) is 0 Å². The highest BCUT2D eigenvalue weighted by Gasteiger charge is 2.05. The molecule has 0 bridgehead atoms. The number of thiophene rings is 1.